The Morgan fingerprint density at radius 3 is 2.35 bits per heavy atom. The van der Waals surface area contributed by atoms with E-state index in [4.69, 9.17) is 4.74 Å². The maximum atomic E-state index is 14.7. The van der Waals surface area contributed by atoms with Gasteiger partial charge in [-0.3, -0.25) is 14.5 Å². The zero-order chi connectivity index (χ0) is 34.6. The lowest BCUT2D eigenvalue weighted by molar-refractivity contribution is -0.129. The Hall–Kier alpha value is -4.57. The van der Waals surface area contributed by atoms with Crippen LogP contribution in [0.1, 0.15) is 27.7 Å². The van der Waals surface area contributed by atoms with Crippen molar-refractivity contribution in [2.45, 2.75) is 43.0 Å². The number of sulfonamides is 1. The van der Waals surface area contributed by atoms with Crippen molar-refractivity contribution in [3.05, 3.63) is 118 Å². The van der Waals surface area contributed by atoms with Crippen LogP contribution in [0, 0.1) is 17.5 Å². The summed E-state index contributed by atoms with van der Waals surface area (Å²) in [4.78, 5) is 38.4. The molecule has 1 aromatic heterocycles. The third-order valence-electron chi connectivity index (χ3n) is 7.68. The molecule has 2 amide bonds. The van der Waals surface area contributed by atoms with Gasteiger partial charge < -0.3 is 15.2 Å². The Labute approximate surface area is 278 Å². The molecule has 252 valence electrons. The molecule has 0 radical (unpaired) electrons. The van der Waals surface area contributed by atoms with Gasteiger partial charge in [0.2, 0.25) is 10.0 Å². The van der Waals surface area contributed by atoms with Crippen LogP contribution in [0.25, 0.3) is 0 Å². The third kappa shape index (κ3) is 7.93. The molecule has 1 aliphatic rings. The number of ether oxygens (including phenoxy) is 1. The fourth-order valence-electron chi connectivity index (χ4n) is 5.11. The third-order valence-corrected chi connectivity index (χ3v) is 10.4. The van der Waals surface area contributed by atoms with Gasteiger partial charge in [-0.2, -0.15) is 4.31 Å². The van der Waals surface area contributed by atoms with Crippen LogP contribution in [-0.4, -0.2) is 67.0 Å². The molecule has 3 atom stereocenters. The van der Waals surface area contributed by atoms with E-state index in [-0.39, 0.29) is 37.4 Å². The summed E-state index contributed by atoms with van der Waals surface area (Å²) < 4.78 is 75.9. The van der Waals surface area contributed by atoms with Crippen molar-refractivity contribution in [2.24, 2.45) is 0 Å². The molecule has 5 rings (SSSR count). The van der Waals surface area contributed by atoms with Crippen LogP contribution in [0.3, 0.4) is 0 Å². The fourth-order valence-corrected chi connectivity index (χ4v) is 7.41. The number of nitrogens with one attached hydrogen (secondary N) is 1. The lowest BCUT2D eigenvalue weighted by atomic mass is 10.0. The summed E-state index contributed by atoms with van der Waals surface area (Å²) in [6.45, 7) is 0.179. The molecule has 1 aliphatic heterocycles. The summed E-state index contributed by atoms with van der Waals surface area (Å²) in [5, 5.41) is 15.8. The number of anilines is 1. The lowest BCUT2D eigenvalue weighted by Gasteiger charge is -2.30. The monoisotopic (exact) mass is 701 g/mol. The van der Waals surface area contributed by atoms with Crippen molar-refractivity contribution in [2.75, 3.05) is 18.0 Å². The van der Waals surface area contributed by atoms with E-state index in [9.17, 15) is 41.1 Å². The van der Waals surface area contributed by atoms with Crippen molar-refractivity contribution >= 4 is 44.8 Å². The predicted octanol–water partition coefficient (Wildman–Crippen LogP) is 4.67. The Balaban J connectivity index is 1.39. The summed E-state index contributed by atoms with van der Waals surface area (Å²) in [6.07, 6.45) is -3.73. The molecule has 0 bridgehead atoms. The molecule has 4 aromatic rings. The molecule has 48 heavy (non-hydrogen) atoms. The second kappa shape index (κ2) is 14.7. The Kier molecular flexibility index (Phi) is 10.6. The van der Waals surface area contributed by atoms with Crippen LogP contribution in [0.4, 0.5) is 23.7 Å². The average Bonchev–Trinajstić information content (AvgIpc) is 3.72. The van der Waals surface area contributed by atoms with Gasteiger partial charge in [0.05, 0.1) is 18.7 Å². The molecule has 1 saturated heterocycles. The molecule has 2 heterocycles. The number of carbonyl (C=O) groups excluding carboxylic acids is 3. The van der Waals surface area contributed by atoms with Crippen LogP contribution in [0.5, 0.6) is 0 Å². The minimum atomic E-state index is -4.86. The van der Waals surface area contributed by atoms with E-state index in [1.54, 1.807) is 60.0 Å². The number of hydrogen-bond acceptors (Lipinski definition) is 8. The van der Waals surface area contributed by atoms with Gasteiger partial charge in [0.25, 0.3) is 5.91 Å². The number of nitrogens with zero attached hydrogens (tertiary/aromatic N) is 2. The number of hydrogen-bond donors (Lipinski definition) is 2. The standard InChI is InChI=1S/C33H30F3N3O7S2/c1-20(40)22-9-11-23(12-10-22)39-19-30(46-33(39)43)32(42)37-28(14-21-6-3-2-4-7-21)29(41)18-38(17-24-8-5-13-47-24)48(44,45)31-16-26(35)25(34)15-27(31)36/h2-13,15-16,28-30,41H,14,17-19H2,1H3,(H,37,42)/t28?,29-,30+/m1/s1. The molecule has 1 fully saturated rings. The summed E-state index contributed by atoms with van der Waals surface area (Å²) in [5.74, 6) is -5.60. The highest BCUT2D eigenvalue weighted by atomic mass is 32.2. The maximum Gasteiger partial charge on any atom is 0.415 e. The normalized spacial score (nSPS) is 16.1. The van der Waals surface area contributed by atoms with E-state index >= 15 is 0 Å². The van der Waals surface area contributed by atoms with Gasteiger partial charge in [-0.05, 0) is 60.7 Å². The SMILES string of the molecule is CC(=O)c1ccc(N2C[C@@H](C(=O)NC(Cc3ccccc3)[C@H](O)CN(Cc3cccs3)S(=O)(=O)c3cc(F)c(F)cc3F)OC2=O)cc1. The van der Waals surface area contributed by atoms with Gasteiger partial charge in [-0.15, -0.1) is 11.3 Å². The molecule has 0 spiro atoms. The summed E-state index contributed by atoms with van der Waals surface area (Å²) >= 11 is 1.18. The Morgan fingerprint density at radius 1 is 1.02 bits per heavy atom. The highest BCUT2D eigenvalue weighted by Gasteiger charge is 2.39. The minimum absolute atomic E-state index is 0.0110. The molecule has 2 N–H and O–H groups in total. The van der Waals surface area contributed by atoms with Crippen LogP contribution in [0.15, 0.2) is 89.1 Å². The lowest BCUT2D eigenvalue weighted by Crippen LogP contribution is -2.53. The molecule has 3 aromatic carbocycles. The molecule has 1 unspecified atom stereocenters. The van der Waals surface area contributed by atoms with Gasteiger partial charge in [0.15, 0.2) is 23.5 Å². The number of aliphatic hydroxyl groups excluding tert-OH is 1. The van der Waals surface area contributed by atoms with Crippen molar-refractivity contribution in [3.63, 3.8) is 0 Å². The van der Waals surface area contributed by atoms with Crippen LogP contribution in [0.2, 0.25) is 0 Å². The smallest absolute Gasteiger partial charge is 0.415 e. The van der Waals surface area contributed by atoms with Crippen molar-refractivity contribution in [1.29, 1.82) is 0 Å². The van der Waals surface area contributed by atoms with Gasteiger partial charge in [-0.25, -0.2) is 26.4 Å². The number of Topliss-reactive ketones (excluding diaryl/α,β-unsaturated/α-hetero) is 1. The Morgan fingerprint density at radius 2 is 1.71 bits per heavy atom. The number of cyclic esters (lactones) is 1. The zero-order valence-corrected chi connectivity index (χ0v) is 27.0. The quantitative estimate of drug-likeness (QED) is 0.153. The van der Waals surface area contributed by atoms with Gasteiger partial charge in [0.1, 0.15) is 10.7 Å². The molecule has 0 saturated carbocycles. The second-order valence-electron chi connectivity index (χ2n) is 11.0. The first-order valence-electron chi connectivity index (χ1n) is 14.6. The van der Waals surface area contributed by atoms with Crippen molar-refractivity contribution in [3.8, 4) is 0 Å². The number of ketones is 1. The second-order valence-corrected chi connectivity index (χ2v) is 14.0. The van der Waals surface area contributed by atoms with Crippen molar-refractivity contribution in [1.82, 2.24) is 9.62 Å². The number of aliphatic hydroxyl groups is 1. The van der Waals surface area contributed by atoms with E-state index in [1.165, 1.54) is 35.3 Å². The number of benzene rings is 3. The Bertz CT molecular complexity index is 1890. The first-order valence-corrected chi connectivity index (χ1v) is 16.9. The number of carbonyl (C=O) groups is 3. The van der Waals surface area contributed by atoms with Gasteiger partial charge in [-0.1, -0.05) is 36.4 Å². The first kappa shape index (κ1) is 34.8. The largest absolute Gasteiger partial charge is 0.434 e. The van der Waals surface area contributed by atoms with Gasteiger partial charge in [0, 0.05) is 35.3 Å². The number of rotatable bonds is 13. The molecular formula is C33H30F3N3O7S2. The summed E-state index contributed by atoms with van der Waals surface area (Å²) in [6, 6.07) is 17.3. The molecule has 0 aliphatic carbocycles. The van der Waals surface area contributed by atoms with Crippen molar-refractivity contribution < 1.29 is 45.8 Å². The fraction of sp³-hybridized carbons (Fsp3) is 0.242. The first-order chi connectivity index (χ1) is 22.8. The molecular weight excluding hydrogens is 672 g/mol. The topological polar surface area (TPSA) is 133 Å². The van der Waals surface area contributed by atoms with E-state index < -0.39 is 69.2 Å². The van der Waals surface area contributed by atoms with Crippen LogP contribution >= 0.6 is 11.3 Å². The van der Waals surface area contributed by atoms with Crippen LogP contribution in [-0.2, 0) is 32.5 Å². The summed E-state index contributed by atoms with van der Waals surface area (Å²) in [5.41, 5.74) is 1.48. The molecule has 15 heteroatoms. The number of thiophene rings is 1. The van der Waals surface area contributed by atoms with E-state index in [2.05, 4.69) is 5.32 Å². The highest BCUT2D eigenvalue weighted by Crippen LogP contribution is 2.27. The molecule has 10 nitrogen and oxygen atoms in total. The maximum absolute atomic E-state index is 14.7. The van der Waals surface area contributed by atoms with Gasteiger partial charge >= 0.3 is 6.09 Å². The average molecular weight is 702 g/mol. The highest BCUT2D eigenvalue weighted by molar-refractivity contribution is 7.89. The summed E-state index contributed by atoms with van der Waals surface area (Å²) in [7, 11) is -4.86. The van der Waals surface area contributed by atoms with Crippen LogP contribution < -0.4 is 10.2 Å². The van der Waals surface area contributed by atoms with E-state index in [0.29, 0.717) is 21.7 Å². The minimum Gasteiger partial charge on any atom is -0.434 e. The van der Waals surface area contributed by atoms with E-state index in [0.717, 1.165) is 4.31 Å². The predicted molar refractivity (Wildman–Crippen MR) is 170 cm³/mol. The zero-order valence-electron chi connectivity index (χ0n) is 25.4. The number of amides is 2. The number of halogens is 3. The van der Waals surface area contributed by atoms with E-state index in [1.807, 2.05) is 0 Å².